The van der Waals surface area contributed by atoms with E-state index in [4.69, 9.17) is 9.15 Å². The molecule has 0 aliphatic carbocycles. The van der Waals surface area contributed by atoms with Crippen molar-refractivity contribution in [3.63, 3.8) is 0 Å². The van der Waals surface area contributed by atoms with Gasteiger partial charge in [0, 0.05) is 18.7 Å². The maximum atomic E-state index is 5.49. The summed E-state index contributed by atoms with van der Waals surface area (Å²) in [7, 11) is 0. The lowest BCUT2D eigenvalue weighted by Crippen LogP contribution is -2.05. The third-order valence-corrected chi connectivity index (χ3v) is 2.43. The molecule has 102 valence electrons. The summed E-state index contributed by atoms with van der Waals surface area (Å²) < 4.78 is 10.9. The number of hydrogen-bond acceptors (Lipinski definition) is 6. The van der Waals surface area contributed by atoms with E-state index in [1.54, 1.807) is 18.5 Å². The third-order valence-electron chi connectivity index (χ3n) is 2.43. The number of nitrogens with zero attached hydrogens (tertiary/aromatic N) is 3. The molecular weight excluding hydrogens is 244 g/mol. The molecule has 0 saturated heterocycles. The Balaban J connectivity index is 1.91. The minimum absolute atomic E-state index is 0.456. The van der Waals surface area contributed by atoms with Gasteiger partial charge in [0.25, 0.3) is 0 Å². The van der Waals surface area contributed by atoms with Gasteiger partial charge < -0.3 is 14.5 Å². The summed E-state index contributed by atoms with van der Waals surface area (Å²) in [5.41, 5.74) is 0. The number of oxazole rings is 1. The van der Waals surface area contributed by atoms with Gasteiger partial charge in [0.1, 0.15) is 5.76 Å². The van der Waals surface area contributed by atoms with E-state index >= 15 is 0 Å². The SMILES string of the molecule is CCCOc1ccnc(NCc2ncc(CC)o2)n1. The van der Waals surface area contributed by atoms with Crippen LogP contribution in [-0.2, 0) is 13.0 Å². The second-order valence-electron chi connectivity index (χ2n) is 3.99. The monoisotopic (exact) mass is 262 g/mol. The molecule has 6 nitrogen and oxygen atoms in total. The van der Waals surface area contributed by atoms with E-state index in [2.05, 4.69) is 20.3 Å². The van der Waals surface area contributed by atoms with Crippen LogP contribution >= 0.6 is 0 Å². The van der Waals surface area contributed by atoms with Gasteiger partial charge in [-0.1, -0.05) is 13.8 Å². The van der Waals surface area contributed by atoms with Gasteiger partial charge in [-0.15, -0.1) is 0 Å². The maximum Gasteiger partial charge on any atom is 0.226 e. The first-order chi connectivity index (χ1) is 9.31. The highest BCUT2D eigenvalue weighted by Gasteiger charge is 2.04. The van der Waals surface area contributed by atoms with Crippen molar-refractivity contribution in [1.29, 1.82) is 0 Å². The lowest BCUT2D eigenvalue weighted by atomic mass is 10.4. The van der Waals surface area contributed by atoms with E-state index in [0.29, 0.717) is 30.9 Å². The molecule has 0 aromatic carbocycles. The van der Waals surface area contributed by atoms with Crippen molar-refractivity contribution in [2.75, 3.05) is 11.9 Å². The largest absolute Gasteiger partial charge is 0.478 e. The third kappa shape index (κ3) is 3.94. The van der Waals surface area contributed by atoms with Crippen LogP contribution in [0.5, 0.6) is 5.88 Å². The molecule has 0 bridgehead atoms. The minimum atomic E-state index is 0.456. The van der Waals surface area contributed by atoms with E-state index in [9.17, 15) is 0 Å². The highest BCUT2D eigenvalue weighted by atomic mass is 16.5. The normalized spacial score (nSPS) is 10.4. The Bertz CT molecular complexity index is 513. The number of ether oxygens (including phenoxy) is 1. The fourth-order valence-corrected chi connectivity index (χ4v) is 1.46. The van der Waals surface area contributed by atoms with Gasteiger partial charge in [0.15, 0.2) is 0 Å². The van der Waals surface area contributed by atoms with Crippen molar-refractivity contribution in [1.82, 2.24) is 15.0 Å². The van der Waals surface area contributed by atoms with Crippen LogP contribution in [0.15, 0.2) is 22.9 Å². The van der Waals surface area contributed by atoms with Crippen LogP contribution in [0.3, 0.4) is 0 Å². The van der Waals surface area contributed by atoms with Crippen molar-refractivity contribution in [2.24, 2.45) is 0 Å². The van der Waals surface area contributed by atoms with Crippen LogP contribution in [0, 0.1) is 0 Å². The van der Waals surface area contributed by atoms with Gasteiger partial charge in [-0.2, -0.15) is 4.98 Å². The molecule has 0 saturated carbocycles. The molecule has 2 aromatic heterocycles. The molecule has 2 heterocycles. The number of aromatic nitrogens is 3. The van der Waals surface area contributed by atoms with Gasteiger partial charge in [-0.3, -0.25) is 0 Å². The van der Waals surface area contributed by atoms with E-state index in [0.717, 1.165) is 18.6 Å². The van der Waals surface area contributed by atoms with Gasteiger partial charge >= 0.3 is 0 Å². The lowest BCUT2D eigenvalue weighted by molar-refractivity contribution is 0.305. The molecule has 0 atom stereocenters. The summed E-state index contributed by atoms with van der Waals surface area (Å²) in [5.74, 6) is 2.57. The van der Waals surface area contributed by atoms with E-state index in [-0.39, 0.29) is 0 Å². The summed E-state index contributed by atoms with van der Waals surface area (Å²) in [6.45, 7) is 5.18. The Morgan fingerprint density at radius 3 is 2.95 bits per heavy atom. The lowest BCUT2D eigenvalue weighted by Gasteiger charge is -2.05. The second kappa shape index (κ2) is 6.72. The maximum absolute atomic E-state index is 5.49. The Morgan fingerprint density at radius 1 is 1.32 bits per heavy atom. The van der Waals surface area contributed by atoms with Crippen LogP contribution in [0.4, 0.5) is 5.95 Å². The first-order valence-electron chi connectivity index (χ1n) is 6.45. The number of aryl methyl sites for hydroxylation is 1. The van der Waals surface area contributed by atoms with Crippen molar-refractivity contribution in [3.8, 4) is 5.88 Å². The quantitative estimate of drug-likeness (QED) is 0.826. The van der Waals surface area contributed by atoms with Crippen LogP contribution < -0.4 is 10.1 Å². The molecule has 2 rings (SSSR count). The standard InChI is InChI=1S/C13H18N4O2/c1-3-7-18-11-5-6-14-13(17-11)16-9-12-15-8-10(4-2)19-12/h5-6,8H,3-4,7,9H2,1-2H3,(H,14,16,17). The molecular formula is C13H18N4O2. The number of hydrogen-bond donors (Lipinski definition) is 1. The van der Waals surface area contributed by atoms with Crippen molar-refractivity contribution >= 4 is 5.95 Å². The molecule has 1 N–H and O–H groups in total. The summed E-state index contributed by atoms with van der Waals surface area (Å²) in [5, 5.41) is 3.06. The number of nitrogens with one attached hydrogen (secondary N) is 1. The highest BCUT2D eigenvalue weighted by molar-refractivity contribution is 5.27. The first kappa shape index (κ1) is 13.3. The van der Waals surface area contributed by atoms with E-state index < -0.39 is 0 Å². The second-order valence-corrected chi connectivity index (χ2v) is 3.99. The Hall–Kier alpha value is -2.11. The number of anilines is 1. The summed E-state index contributed by atoms with van der Waals surface area (Å²) in [6.07, 6.45) is 5.18. The van der Waals surface area contributed by atoms with Gasteiger partial charge in [-0.05, 0) is 6.42 Å². The molecule has 0 unspecified atom stereocenters. The molecule has 0 aliphatic rings. The van der Waals surface area contributed by atoms with Crippen LogP contribution in [0.25, 0.3) is 0 Å². The molecule has 0 aliphatic heterocycles. The Kier molecular flexibility index (Phi) is 4.72. The summed E-state index contributed by atoms with van der Waals surface area (Å²) in [4.78, 5) is 12.5. The van der Waals surface area contributed by atoms with Crippen molar-refractivity contribution < 1.29 is 9.15 Å². The zero-order chi connectivity index (χ0) is 13.5. The Labute approximate surface area is 112 Å². The molecule has 6 heteroatoms. The molecule has 0 fully saturated rings. The zero-order valence-electron chi connectivity index (χ0n) is 11.2. The predicted molar refractivity (Wildman–Crippen MR) is 71.0 cm³/mol. The summed E-state index contributed by atoms with van der Waals surface area (Å²) >= 11 is 0. The predicted octanol–water partition coefficient (Wildman–Crippen LogP) is 2.43. The molecule has 0 radical (unpaired) electrons. The topological polar surface area (TPSA) is 73.1 Å². The van der Waals surface area contributed by atoms with Gasteiger partial charge in [-0.25, -0.2) is 9.97 Å². The molecule has 2 aromatic rings. The van der Waals surface area contributed by atoms with Gasteiger partial charge in [0.05, 0.1) is 19.3 Å². The average molecular weight is 262 g/mol. The molecule has 19 heavy (non-hydrogen) atoms. The first-order valence-corrected chi connectivity index (χ1v) is 6.45. The fourth-order valence-electron chi connectivity index (χ4n) is 1.46. The van der Waals surface area contributed by atoms with Crippen LogP contribution in [0.1, 0.15) is 31.9 Å². The highest BCUT2D eigenvalue weighted by Crippen LogP contribution is 2.10. The molecule has 0 amide bonds. The van der Waals surface area contributed by atoms with Crippen LogP contribution in [-0.4, -0.2) is 21.6 Å². The van der Waals surface area contributed by atoms with Crippen molar-refractivity contribution in [3.05, 3.63) is 30.1 Å². The van der Waals surface area contributed by atoms with Gasteiger partial charge in [0.2, 0.25) is 17.7 Å². The average Bonchev–Trinajstić information content (AvgIpc) is 2.91. The van der Waals surface area contributed by atoms with E-state index in [1.165, 1.54) is 0 Å². The van der Waals surface area contributed by atoms with Crippen LogP contribution in [0.2, 0.25) is 0 Å². The zero-order valence-corrected chi connectivity index (χ0v) is 11.2. The van der Waals surface area contributed by atoms with Crippen molar-refractivity contribution in [2.45, 2.75) is 33.2 Å². The van der Waals surface area contributed by atoms with E-state index in [1.807, 2.05) is 13.8 Å². The Morgan fingerprint density at radius 2 is 2.21 bits per heavy atom. The smallest absolute Gasteiger partial charge is 0.226 e. The minimum Gasteiger partial charge on any atom is -0.478 e. The summed E-state index contributed by atoms with van der Waals surface area (Å²) in [6, 6.07) is 1.74. The number of rotatable bonds is 7. The fraction of sp³-hybridized carbons (Fsp3) is 0.462. The molecule has 0 spiro atoms.